The van der Waals surface area contributed by atoms with Crippen molar-refractivity contribution in [2.75, 3.05) is 6.54 Å². The highest BCUT2D eigenvalue weighted by molar-refractivity contribution is 5.74. The third-order valence-electron chi connectivity index (χ3n) is 3.89. The second-order valence-electron chi connectivity index (χ2n) is 5.65. The molecule has 2 amide bonds. The van der Waals surface area contributed by atoms with Gasteiger partial charge in [0.15, 0.2) is 0 Å². The maximum Gasteiger partial charge on any atom is 0.314 e. The van der Waals surface area contributed by atoms with Crippen molar-refractivity contribution in [1.29, 1.82) is 0 Å². The fraction of sp³-hybridized carbons (Fsp3) is 0.667. The highest BCUT2D eigenvalue weighted by Gasteiger charge is 2.18. The maximum atomic E-state index is 11.7. The van der Waals surface area contributed by atoms with Crippen molar-refractivity contribution in [1.82, 2.24) is 10.6 Å². The minimum Gasteiger partial charge on any atom is -0.467 e. The molecule has 1 saturated carbocycles. The molecule has 5 nitrogen and oxygen atoms in total. The van der Waals surface area contributed by atoms with Crippen molar-refractivity contribution in [3.8, 4) is 0 Å². The molecule has 0 aliphatic heterocycles. The van der Waals surface area contributed by atoms with E-state index >= 15 is 0 Å². The van der Waals surface area contributed by atoms with E-state index in [-0.39, 0.29) is 12.1 Å². The summed E-state index contributed by atoms with van der Waals surface area (Å²) in [5.41, 5.74) is 0. The molecule has 1 aliphatic rings. The fourth-order valence-electron chi connectivity index (χ4n) is 2.44. The lowest BCUT2D eigenvalue weighted by molar-refractivity contribution is 0.129. The van der Waals surface area contributed by atoms with E-state index in [1.54, 1.807) is 12.1 Å². The van der Waals surface area contributed by atoms with Gasteiger partial charge in [-0.3, -0.25) is 0 Å². The molecule has 1 heterocycles. The van der Waals surface area contributed by atoms with Gasteiger partial charge in [-0.2, -0.15) is 0 Å². The summed E-state index contributed by atoms with van der Waals surface area (Å²) in [5, 5.41) is 15.6. The number of amides is 2. The first kappa shape index (κ1) is 14.9. The van der Waals surface area contributed by atoms with Gasteiger partial charge in [-0.25, -0.2) is 4.79 Å². The predicted octanol–water partition coefficient (Wildman–Crippen LogP) is 2.58. The lowest BCUT2D eigenvalue weighted by Gasteiger charge is -2.25. The van der Waals surface area contributed by atoms with E-state index in [1.807, 2.05) is 6.92 Å². The molecule has 5 heteroatoms. The number of nitrogens with one attached hydrogen (secondary N) is 2. The number of carbonyl (C=O) groups is 1. The molecule has 2 unspecified atom stereocenters. The molecular weight excluding hydrogens is 256 g/mol. The van der Waals surface area contributed by atoms with Crippen LogP contribution in [-0.4, -0.2) is 23.7 Å². The quantitative estimate of drug-likeness (QED) is 0.718. The summed E-state index contributed by atoms with van der Waals surface area (Å²) in [6.07, 6.45) is 6.28. The van der Waals surface area contributed by atoms with Crippen LogP contribution in [-0.2, 0) is 0 Å². The van der Waals surface area contributed by atoms with Crippen molar-refractivity contribution >= 4 is 6.03 Å². The second-order valence-corrected chi connectivity index (χ2v) is 5.65. The third-order valence-corrected chi connectivity index (χ3v) is 3.89. The van der Waals surface area contributed by atoms with E-state index in [2.05, 4.69) is 10.6 Å². The molecule has 0 bridgehead atoms. The Balaban J connectivity index is 1.60. The Bertz CT molecular complexity index is 401. The van der Waals surface area contributed by atoms with Crippen molar-refractivity contribution in [2.45, 2.75) is 51.2 Å². The summed E-state index contributed by atoms with van der Waals surface area (Å²) in [4.78, 5) is 11.7. The summed E-state index contributed by atoms with van der Waals surface area (Å²) in [5.74, 6) is 1.33. The van der Waals surface area contributed by atoms with E-state index in [0.29, 0.717) is 12.2 Å². The number of carbonyl (C=O) groups excluding carboxylic acids is 1. The van der Waals surface area contributed by atoms with Gasteiger partial charge in [0.25, 0.3) is 0 Å². The first-order valence-corrected chi connectivity index (χ1v) is 7.41. The lowest BCUT2D eigenvalue weighted by atomic mass is 9.83. The van der Waals surface area contributed by atoms with Gasteiger partial charge in [-0.05, 0) is 31.4 Å². The van der Waals surface area contributed by atoms with Crippen molar-refractivity contribution in [3.05, 3.63) is 24.2 Å². The predicted molar refractivity (Wildman–Crippen MR) is 76.2 cm³/mol. The van der Waals surface area contributed by atoms with Crippen LogP contribution in [0.2, 0.25) is 0 Å². The summed E-state index contributed by atoms with van der Waals surface area (Å²) in [6, 6.07) is 3.20. The molecule has 0 spiro atoms. The summed E-state index contributed by atoms with van der Waals surface area (Å²) >= 11 is 0. The minimum atomic E-state index is -0.685. The van der Waals surface area contributed by atoms with Crippen LogP contribution in [0.25, 0.3) is 0 Å². The van der Waals surface area contributed by atoms with E-state index < -0.39 is 6.10 Å². The van der Waals surface area contributed by atoms with Gasteiger partial charge in [0.05, 0.1) is 6.26 Å². The zero-order valence-electron chi connectivity index (χ0n) is 12.0. The van der Waals surface area contributed by atoms with Crippen LogP contribution < -0.4 is 10.6 Å². The normalized spacial score (nSPS) is 18.1. The van der Waals surface area contributed by atoms with Gasteiger partial charge in [0.2, 0.25) is 0 Å². The molecule has 2 atom stereocenters. The van der Waals surface area contributed by atoms with Gasteiger partial charge in [-0.15, -0.1) is 0 Å². The summed E-state index contributed by atoms with van der Waals surface area (Å²) in [6.45, 7) is 2.60. The SMILES string of the molecule is CC(CC(O)c1ccco1)NC(=O)NCCC1CCC1. The van der Waals surface area contributed by atoms with Gasteiger partial charge >= 0.3 is 6.03 Å². The molecule has 3 N–H and O–H groups in total. The van der Waals surface area contributed by atoms with Crippen molar-refractivity contribution < 1.29 is 14.3 Å². The Morgan fingerprint density at radius 2 is 2.35 bits per heavy atom. The average molecular weight is 280 g/mol. The fourth-order valence-corrected chi connectivity index (χ4v) is 2.44. The number of furan rings is 1. The van der Waals surface area contributed by atoms with Crippen LogP contribution in [0, 0.1) is 5.92 Å². The number of aliphatic hydroxyl groups excluding tert-OH is 1. The van der Waals surface area contributed by atoms with Crippen molar-refractivity contribution in [3.63, 3.8) is 0 Å². The average Bonchev–Trinajstić information content (AvgIpc) is 2.85. The Morgan fingerprint density at radius 1 is 1.55 bits per heavy atom. The first-order chi connectivity index (χ1) is 9.65. The Morgan fingerprint density at radius 3 is 2.95 bits per heavy atom. The van der Waals surface area contributed by atoms with Crippen molar-refractivity contribution in [2.24, 2.45) is 5.92 Å². The van der Waals surface area contributed by atoms with E-state index in [4.69, 9.17) is 4.42 Å². The molecule has 0 radical (unpaired) electrons. The number of hydrogen-bond acceptors (Lipinski definition) is 3. The zero-order valence-corrected chi connectivity index (χ0v) is 12.0. The minimum absolute atomic E-state index is 0.112. The molecule has 1 aromatic heterocycles. The third kappa shape index (κ3) is 4.56. The largest absolute Gasteiger partial charge is 0.467 e. The number of aliphatic hydroxyl groups is 1. The molecule has 1 aliphatic carbocycles. The van der Waals surface area contributed by atoms with Crippen LogP contribution in [0.15, 0.2) is 22.8 Å². The van der Waals surface area contributed by atoms with Gasteiger partial charge in [-0.1, -0.05) is 19.3 Å². The Labute approximate surface area is 119 Å². The number of hydrogen-bond donors (Lipinski definition) is 3. The van der Waals surface area contributed by atoms with Gasteiger partial charge in [0, 0.05) is 19.0 Å². The topological polar surface area (TPSA) is 74.5 Å². The molecule has 1 fully saturated rings. The Kier molecular flexibility index (Phi) is 5.47. The smallest absolute Gasteiger partial charge is 0.314 e. The monoisotopic (exact) mass is 280 g/mol. The molecule has 1 aromatic rings. The number of rotatable bonds is 7. The first-order valence-electron chi connectivity index (χ1n) is 7.41. The Hall–Kier alpha value is -1.49. The highest BCUT2D eigenvalue weighted by atomic mass is 16.4. The molecule has 0 aromatic carbocycles. The van der Waals surface area contributed by atoms with Crippen LogP contribution in [0.5, 0.6) is 0 Å². The van der Waals surface area contributed by atoms with Crippen LogP contribution >= 0.6 is 0 Å². The highest BCUT2D eigenvalue weighted by Crippen LogP contribution is 2.28. The maximum absolute atomic E-state index is 11.7. The van der Waals surface area contributed by atoms with E-state index in [0.717, 1.165) is 18.9 Å². The molecule has 0 saturated heterocycles. The zero-order chi connectivity index (χ0) is 14.4. The standard InChI is InChI=1S/C15H24N2O3/c1-11(10-13(18)14-6-3-9-20-14)17-15(19)16-8-7-12-4-2-5-12/h3,6,9,11-13,18H,2,4-5,7-8,10H2,1H3,(H2,16,17,19). The van der Waals surface area contributed by atoms with E-state index in [9.17, 15) is 9.90 Å². The van der Waals surface area contributed by atoms with Gasteiger partial charge in [0.1, 0.15) is 11.9 Å². The van der Waals surface area contributed by atoms with Crippen LogP contribution in [0.4, 0.5) is 4.79 Å². The summed E-state index contributed by atoms with van der Waals surface area (Å²) < 4.78 is 5.13. The van der Waals surface area contributed by atoms with Gasteiger partial charge < -0.3 is 20.2 Å². The molecule has 20 heavy (non-hydrogen) atoms. The van der Waals surface area contributed by atoms with Crippen LogP contribution in [0.1, 0.15) is 50.9 Å². The number of urea groups is 1. The molecule has 112 valence electrons. The second kappa shape index (κ2) is 7.33. The van der Waals surface area contributed by atoms with E-state index in [1.165, 1.54) is 25.5 Å². The molecule has 2 rings (SSSR count). The molecular formula is C15H24N2O3. The van der Waals surface area contributed by atoms with Crippen LogP contribution in [0.3, 0.4) is 0 Å². The summed E-state index contributed by atoms with van der Waals surface area (Å²) in [7, 11) is 0. The lowest BCUT2D eigenvalue weighted by Crippen LogP contribution is -2.42.